The molecule has 0 saturated carbocycles. The summed E-state index contributed by atoms with van der Waals surface area (Å²) in [4.78, 5) is 12.5. The van der Waals surface area contributed by atoms with E-state index in [-0.39, 0.29) is 0 Å². The Labute approximate surface area is 166 Å². The summed E-state index contributed by atoms with van der Waals surface area (Å²) in [6.45, 7) is 0. The van der Waals surface area contributed by atoms with Gasteiger partial charge in [-0.05, 0) is 42.0 Å². The van der Waals surface area contributed by atoms with Crippen LogP contribution in [0.4, 0.5) is 17.2 Å². The summed E-state index contributed by atoms with van der Waals surface area (Å²) in [5, 5.41) is 0. The van der Waals surface area contributed by atoms with Crippen LogP contribution in [0.1, 0.15) is 0 Å². The summed E-state index contributed by atoms with van der Waals surface area (Å²) < 4.78 is 0.472. The zero-order valence-electron chi connectivity index (χ0n) is 14.3. The molecule has 1 aliphatic rings. The Balaban J connectivity index is 1.74. The molecule has 5 heteroatoms. The largest absolute Gasteiger partial charge is 0.330 e. The minimum atomic E-state index is 0.472. The molecular weight excluding hydrogens is 370 g/mol. The van der Waals surface area contributed by atoms with Crippen LogP contribution in [0.3, 0.4) is 0 Å². The monoisotopic (exact) mass is 385 g/mol. The number of hydrogen-bond donors (Lipinski definition) is 1. The van der Waals surface area contributed by atoms with Gasteiger partial charge >= 0.3 is 0 Å². The lowest BCUT2D eigenvalue weighted by Gasteiger charge is -2.32. The molecule has 5 rings (SSSR count). The molecule has 0 bridgehead atoms. The normalized spacial score (nSPS) is 12.4. The van der Waals surface area contributed by atoms with E-state index in [4.69, 9.17) is 12.2 Å². The van der Waals surface area contributed by atoms with E-state index in [0.29, 0.717) is 4.77 Å². The molecule has 3 nitrogen and oxygen atoms in total. The van der Waals surface area contributed by atoms with Crippen molar-refractivity contribution in [1.82, 2.24) is 9.97 Å². The number of hydrogen-bond acceptors (Lipinski definition) is 4. The van der Waals surface area contributed by atoms with E-state index in [9.17, 15) is 0 Å². The van der Waals surface area contributed by atoms with Gasteiger partial charge in [0, 0.05) is 15.9 Å². The first-order valence-electron chi connectivity index (χ1n) is 8.62. The average molecular weight is 386 g/mol. The number of benzene rings is 3. The van der Waals surface area contributed by atoms with Crippen molar-refractivity contribution < 1.29 is 0 Å². The first-order chi connectivity index (χ1) is 13.3. The van der Waals surface area contributed by atoms with Gasteiger partial charge in [-0.1, -0.05) is 66.4 Å². The van der Waals surface area contributed by atoms with E-state index in [1.165, 1.54) is 9.79 Å². The highest BCUT2D eigenvalue weighted by molar-refractivity contribution is 7.99. The van der Waals surface area contributed by atoms with Crippen molar-refractivity contribution in [2.45, 2.75) is 9.79 Å². The lowest BCUT2D eigenvalue weighted by molar-refractivity contribution is 1.06. The SMILES string of the molecule is S=c1nc(N2c3ccccc3Sc3ccccc32)cc(-c2ccccc2)[nH]1. The van der Waals surface area contributed by atoms with Crippen LogP contribution in [0.15, 0.2) is 94.7 Å². The maximum atomic E-state index is 5.46. The number of fused-ring (bicyclic) bond motifs is 2. The fraction of sp³-hybridized carbons (Fsp3) is 0. The number of nitrogens with zero attached hydrogens (tertiary/aromatic N) is 2. The topological polar surface area (TPSA) is 31.9 Å². The second kappa shape index (κ2) is 6.68. The first-order valence-corrected chi connectivity index (χ1v) is 9.85. The molecule has 4 aromatic rings. The van der Waals surface area contributed by atoms with Gasteiger partial charge in [0.1, 0.15) is 5.82 Å². The molecular formula is C22H15N3S2. The van der Waals surface area contributed by atoms with Crippen molar-refractivity contribution in [2.75, 3.05) is 4.90 Å². The van der Waals surface area contributed by atoms with Crippen LogP contribution in [0.2, 0.25) is 0 Å². The van der Waals surface area contributed by atoms with Gasteiger partial charge in [-0.25, -0.2) is 4.98 Å². The number of rotatable bonds is 2. The van der Waals surface area contributed by atoms with E-state index in [2.05, 4.69) is 81.6 Å². The molecule has 2 heterocycles. The number of nitrogens with one attached hydrogen (secondary N) is 1. The molecule has 0 amide bonds. The third kappa shape index (κ3) is 2.95. The number of H-pyrrole nitrogens is 1. The number of anilines is 3. The van der Waals surface area contributed by atoms with Crippen LogP contribution < -0.4 is 4.90 Å². The second-order valence-corrected chi connectivity index (χ2v) is 7.67. The van der Waals surface area contributed by atoms with Gasteiger partial charge in [0.15, 0.2) is 4.77 Å². The summed E-state index contributed by atoms with van der Waals surface area (Å²) in [5.41, 5.74) is 4.28. The minimum absolute atomic E-state index is 0.472. The van der Waals surface area contributed by atoms with Gasteiger partial charge in [-0.15, -0.1) is 0 Å². The predicted molar refractivity (Wildman–Crippen MR) is 114 cm³/mol. The Kier molecular flexibility index (Phi) is 4.03. The van der Waals surface area contributed by atoms with Gasteiger partial charge in [-0.3, -0.25) is 4.90 Å². The Bertz CT molecular complexity index is 1140. The second-order valence-electron chi connectivity index (χ2n) is 6.20. The molecule has 27 heavy (non-hydrogen) atoms. The summed E-state index contributed by atoms with van der Waals surface area (Å²) in [7, 11) is 0. The van der Waals surface area contributed by atoms with Gasteiger partial charge in [0.05, 0.1) is 17.1 Å². The van der Waals surface area contributed by atoms with Crippen LogP contribution >= 0.6 is 24.0 Å². The van der Waals surface area contributed by atoms with Crippen molar-refractivity contribution in [3.8, 4) is 11.3 Å². The number of para-hydroxylation sites is 2. The zero-order chi connectivity index (χ0) is 18.2. The van der Waals surface area contributed by atoms with Crippen molar-refractivity contribution in [2.24, 2.45) is 0 Å². The van der Waals surface area contributed by atoms with Crippen LogP contribution in [-0.4, -0.2) is 9.97 Å². The van der Waals surface area contributed by atoms with Crippen LogP contribution in [0, 0.1) is 4.77 Å². The minimum Gasteiger partial charge on any atom is -0.330 e. The molecule has 0 radical (unpaired) electrons. The maximum absolute atomic E-state index is 5.46. The lowest BCUT2D eigenvalue weighted by atomic mass is 10.1. The Morgan fingerprint density at radius 2 is 1.37 bits per heavy atom. The molecule has 1 N–H and O–H groups in total. The smallest absolute Gasteiger partial charge is 0.199 e. The maximum Gasteiger partial charge on any atom is 0.199 e. The molecule has 0 spiro atoms. The molecule has 0 fully saturated rings. The van der Waals surface area contributed by atoms with Gasteiger partial charge < -0.3 is 4.98 Å². The molecule has 1 aromatic heterocycles. The highest BCUT2D eigenvalue weighted by atomic mass is 32.2. The van der Waals surface area contributed by atoms with Crippen LogP contribution in [0.5, 0.6) is 0 Å². The Morgan fingerprint density at radius 3 is 2.04 bits per heavy atom. The third-order valence-corrected chi connectivity index (χ3v) is 5.80. The molecule has 0 atom stereocenters. The van der Waals surface area contributed by atoms with Crippen LogP contribution in [0.25, 0.3) is 11.3 Å². The number of aromatic amines is 1. The Hall–Kier alpha value is -2.89. The highest BCUT2D eigenvalue weighted by Crippen LogP contribution is 2.50. The first kappa shape index (κ1) is 16.3. The zero-order valence-corrected chi connectivity index (χ0v) is 15.9. The fourth-order valence-corrected chi connectivity index (χ4v) is 4.55. The molecule has 0 saturated heterocycles. The third-order valence-electron chi connectivity index (χ3n) is 4.48. The van der Waals surface area contributed by atoms with E-state index in [1.807, 2.05) is 18.2 Å². The highest BCUT2D eigenvalue weighted by Gasteiger charge is 2.25. The van der Waals surface area contributed by atoms with Crippen LogP contribution in [-0.2, 0) is 0 Å². The predicted octanol–water partition coefficient (Wildman–Crippen LogP) is 6.74. The summed E-state index contributed by atoms with van der Waals surface area (Å²) in [5.74, 6) is 0.817. The molecule has 130 valence electrons. The molecule has 1 aliphatic heterocycles. The van der Waals surface area contributed by atoms with E-state index in [1.54, 1.807) is 11.8 Å². The Morgan fingerprint density at radius 1 is 0.778 bits per heavy atom. The van der Waals surface area contributed by atoms with Gasteiger partial charge in [0.2, 0.25) is 0 Å². The van der Waals surface area contributed by atoms with E-state index < -0.39 is 0 Å². The summed E-state index contributed by atoms with van der Waals surface area (Å²) in [6.07, 6.45) is 0. The summed E-state index contributed by atoms with van der Waals surface area (Å²) in [6, 6.07) is 29.0. The molecule has 0 aliphatic carbocycles. The fourth-order valence-electron chi connectivity index (χ4n) is 3.28. The van der Waals surface area contributed by atoms with E-state index >= 15 is 0 Å². The number of aromatic nitrogens is 2. The summed E-state index contributed by atoms with van der Waals surface area (Å²) >= 11 is 7.24. The van der Waals surface area contributed by atoms with Crippen molar-refractivity contribution >= 4 is 41.2 Å². The molecule has 3 aromatic carbocycles. The molecule has 0 unspecified atom stereocenters. The average Bonchev–Trinajstić information content (AvgIpc) is 2.72. The van der Waals surface area contributed by atoms with Crippen molar-refractivity contribution in [1.29, 1.82) is 0 Å². The van der Waals surface area contributed by atoms with Crippen molar-refractivity contribution in [3.05, 3.63) is 89.7 Å². The van der Waals surface area contributed by atoms with E-state index in [0.717, 1.165) is 28.5 Å². The lowest BCUT2D eigenvalue weighted by Crippen LogP contribution is -2.16. The van der Waals surface area contributed by atoms with Crippen molar-refractivity contribution in [3.63, 3.8) is 0 Å². The van der Waals surface area contributed by atoms with Gasteiger partial charge in [-0.2, -0.15) is 0 Å². The quantitative estimate of drug-likeness (QED) is 0.341. The van der Waals surface area contributed by atoms with Gasteiger partial charge in [0.25, 0.3) is 0 Å². The standard InChI is InChI=1S/C22H15N3S2/c26-22-23-16(15-8-2-1-3-9-15)14-21(24-22)25-17-10-4-6-12-19(17)27-20-13-7-5-11-18(20)25/h1-14H,(H,23,24,26).